The smallest absolute Gasteiger partial charge is 0.257 e. The first-order chi connectivity index (χ1) is 9.19. The third-order valence-electron chi connectivity index (χ3n) is 3.43. The predicted molar refractivity (Wildman–Crippen MR) is 77.4 cm³/mol. The summed E-state index contributed by atoms with van der Waals surface area (Å²) in [5, 5.41) is 0.941. The molecule has 2 rings (SSSR count). The summed E-state index contributed by atoms with van der Waals surface area (Å²) in [4.78, 5) is 14.4. The van der Waals surface area contributed by atoms with Crippen molar-refractivity contribution in [2.24, 2.45) is 5.92 Å². The van der Waals surface area contributed by atoms with Gasteiger partial charge in [0.05, 0.1) is 19.8 Å². The number of nitrogens with zero attached hydrogens (tertiary/aromatic N) is 1. The van der Waals surface area contributed by atoms with Crippen LogP contribution in [0.25, 0.3) is 0 Å². The number of carbonyl (C=O) groups excluding carboxylic acids is 1. The Labute approximate surface area is 121 Å². The standard InChI is InChI=1S/C14H18BrNO3/c1-18-11-3-4-12(13(7-11)19-2)14(17)16-6-5-10(8-15)9-16/h3-4,7,10H,5-6,8-9H2,1-2H3. The van der Waals surface area contributed by atoms with Crippen molar-refractivity contribution in [3.63, 3.8) is 0 Å². The third kappa shape index (κ3) is 3.03. The molecule has 1 aliphatic heterocycles. The van der Waals surface area contributed by atoms with E-state index in [1.165, 1.54) is 0 Å². The topological polar surface area (TPSA) is 38.8 Å². The van der Waals surface area contributed by atoms with Gasteiger partial charge in [-0.05, 0) is 24.5 Å². The van der Waals surface area contributed by atoms with Crippen molar-refractivity contribution in [3.05, 3.63) is 23.8 Å². The van der Waals surface area contributed by atoms with Crippen molar-refractivity contribution >= 4 is 21.8 Å². The highest BCUT2D eigenvalue weighted by Crippen LogP contribution is 2.28. The Morgan fingerprint density at radius 3 is 2.79 bits per heavy atom. The normalized spacial score (nSPS) is 18.5. The van der Waals surface area contributed by atoms with Crippen LogP contribution in [-0.4, -0.2) is 43.4 Å². The van der Waals surface area contributed by atoms with Gasteiger partial charge in [-0.2, -0.15) is 0 Å². The van der Waals surface area contributed by atoms with E-state index in [0.717, 1.165) is 24.8 Å². The lowest BCUT2D eigenvalue weighted by atomic mass is 10.1. The van der Waals surface area contributed by atoms with Crippen LogP contribution in [0.5, 0.6) is 11.5 Å². The maximum Gasteiger partial charge on any atom is 0.257 e. The number of methoxy groups -OCH3 is 2. The molecule has 0 aromatic heterocycles. The van der Waals surface area contributed by atoms with E-state index in [-0.39, 0.29) is 5.91 Å². The van der Waals surface area contributed by atoms with E-state index in [4.69, 9.17) is 9.47 Å². The highest BCUT2D eigenvalue weighted by molar-refractivity contribution is 9.09. The maximum atomic E-state index is 12.5. The third-order valence-corrected chi connectivity index (χ3v) is 4.35. The Hall–Kier alpha value is -1.23. The number of carbonyl (C=O) groups is 1. The van der Waals surface area contributed by atoms with Gasteiger partial charge >= 0.3 is 0 Å². The molecule has 0 bridgehead atoms. The molecule has 1 atom stereocenters. The van der Waals surface area contributed by atoms with E-state index in [2.05, 4.69) is 15.9 Å². The fourth-order valence-corrected chi connectivity index (χ4v) is 2.82. The molecule has 1 saturated heterocycles. The monoisotopic (exact) mass is 327 g/mol. The number of halogens is 1. The molecule has 5 heteroatoms. The van der Waals surface area contributed by atoms with Crippen LogP contribution in [0.2, 0.25) is 0 Å². The van der Waals surface area contributed by atoms with Gasteiger partial charge in [-0.15, -0.1) is 0 Å². The molecule has 0 saturated carbocycles. The Morgan fingerprint density at radius 1 is 1.42 bits per heavy atom. The molecule has 4 nitrogen and oxygen atoms in total. The SMILES string of the molecule is COc1ccc(C(=O)N2CCC(CBr)C2)c(OC)c1. The Bertz CT molecular complexity index is 464. The summed E-state index contributed by atoms with van der Waals surface area (Å²) >= 11 is 3.48. The second-order valence-corrected chi connectivity index (χ2v) is 5.27. The molecule has 1 amide bonds. The predicted octanol–water partition coefficient (Wildman–Crippen LogP) is 2.56. The van der Waals surface area contributed by atoms with Gasteiger partial charge < -0.3 is 14.4 Å². The zero-order valence-electron chi connectivity index (χ0n) is 11.2. The van der Waals surface area contributed by atoms with Gasteiger partial charge in [0.25, 0.3) is 5.91 Å². The van der Waals surface area contributed by atoms with Crippen molar-refractivity contribution in [1.29, 1.82) is 0 Å². The average molecular weight is 328 g/mol. The van der Waals surface area contributed by atoms with Crippen LogP contribution in [0, 0.1) is 5.92 Å². The van der Waals surface area contributed by atoms with E-state index < -0.39 is 0 Å². The summed E-state index contributed by atoms with van der Waals surface area (Å²) in [5.74, 6) is 1.83. The number of rotatable bonds is 4. The Morgan fingerprint density at radius 2 is 2.21 bits per heavy atom. The van der Waals surface area contributed by atoms with E-state index in [0.29, 0.717) is 23.0 Å². The van der Waals surface area contributed by atoms with Crippen LogP contribution in [-0.2, 0) is 0 Å². The molecular formula is C14H18BrNO3. The molecule has 1 unspecified atom stereocenters. The van der Waals surface area contributed by atoms with Gasteiger partial charge in [-0.25, -0.2) is 0 Å². The van der Waals surface area contributed by atoms with Crippen LogP contribution in [0.15, 0.2) is 18.2 Å². The van der Waals surface area contributed by atoms with Gasteiger partial charge in [0.1, 0.15) is 11.5 Å². The van der Waals surface area contributed by atoms with E-state index in [1.54, 1.807) is 32.4 Å². The summed E-state index contributed by atoms with van der Waals surface area (Å²) in [6, 6.07) is 5.29. The summed E-state index contributed by atoms with van der Waals surface area (Å²) in [7, 11) is 3.16. The molecule has 1 heterocycles. The lowest BCUT2D eigenvalue weighted by Crippen LogP contribution is -2.29. The minimum absolute atomic E-state index is 0.0305. The average Bonchev–Trinajstić information content (AvgIpc) is 2.94. The van der Waals surface area contributed by atoms with E-state index >= 15 is 0 Å². The van der Waals surface area contributed by atoms with Crippen molar-refractivity contribution < 1.29 is 14.3 Å². The molecule has 0 N–H and O–H groups in total. The highest BCUT2D eigenvalue weighted by atomic mass is 79.9. The minimum Gasteiger partial charge on any atom is -0.497 e. The van der Waals surface area contributed by atoms with Crippen LogP contribution < -0.4 is 9.47 Å². The van der Waals surface area contributed by atoms with Crippen LogP contribution in [0.1, 0.15) is 16.8 Å². The van der Waals surface area contributed by atoms with Gasteiger partial charge in [0.15, 0.2) is 0 Å². The Balaban J connectivity index is 2.19. The lowest BCUT2D eigenvalue weighted by Gasteiger charge is -2.18. The molecule has 0 spiro atoms. The van der Waals surface area contributed by atoms with E-state index in [1.807, 2.05) is 4.90 Å². The number of amides is 1. The molecule has 0 radical (unpaired) electrons. The first-order valence-corrected chi connectivity index (χ1v) is 7.39. The fraction of sp³-hybridized carbons (Fsp3) is 0.500. The largest absolute Gasteiger partial charge is 0.497 e. The van der Waals surface area contributed by atoms with Crippen molar-refractivity contribution in [3.8, 4) is 11.5 Å². The first-order valence-electron chi connectivity index (χ1n) is 6.26. The molecule has 1 fully saturated rings. The lowest BCUT2D eigenvalue weighted by molar-refractivity contribution is 0.0785. The Kier molecular flexibility index (Phi) is 4.69. The number of hydrogen-bond donors (Lipinski definition) is 0. The second-order valence-electron chi connectivity index (χ2n) is 4.63. The van der Waals surface area contributed by atoms with Gasteiger partial charge in [0, 0.05) is 24.5 Å². The second kappa shape index (κ2) is 6.28. The highest BCUT2D eigenvalue weighted by Gasteiger charge is 2.27. The van der Waals surface area contributed by atoms with Gasteiger partial charge in [0.2, 0.25) is 0 Å². The number of alkyl halides is 1. The zero-order valence-corrected chi connectivity index (χ0v) is 12.8. The van der Waals surface area contributed by atoms with Crippen molar-refractivity contribution in [2.75, 3.05) is 32.6 Å². The number of ether oxygens (including phenoxy) is 2. The number of hydrogen-bond acceptors (Lipinski definition) is 3. The fourth-order valence-electron chi connectivity index (χ4n) is 2.29. The van der Waals surface area contributed by atoms with E-state index in [9.17, 15) is 4.79 Å². The summed E-state index contributed by atoms with van der Waals surface area (Å²) in [6.45, 7) is 1.61. The molecular weight excluding hydrogens is 310 g/mol. The van der Waals surface area contributed by atoms with Crippen LogP contribution in [0.4, 0.5) is 0 Å². The van der Waals surface area contributed by atoms with Crippen molar-refractivity contribution in [1.82, 2.24) is 4.90 Å². The molecule has 104 valence electrons. The van der Waals surface area contributed by atoms with Crippen molar-refractivity contribution in [2.45, 2.75) is 6.42 Å². The zero-order chi connectivity index (χ0) is 13.8. The molecule has 1 aliphatic rings. The van der Waals surface area contributed by atoms with Crippen LogP contribution in [0.3, 0.4) is 0 Å². The van der Waals surface area contributed by atoms with Gasteiger partial charge in [-0.1, -0.05) is 15.9 Å². The molecule has 1 aromatic rings. The summed E-state index contributed by atoms with van der Waals surface area (Å²) in [5.41, 5.74) is 0.596. The number of likely N-dealkylation sites (tertiary alicyclic amines) is 1. The molecule has 0 aliphatic carbocycles. The first kappa shape index (κ1) is 14.2. The summed E-state index contributed by atoms with van der Waals surface area (Å²) in [6.07, 6.45) is 1.05. The maximum absolute atomic E-state index is 12.5. The van der Waals surface area contributed by atoms with Gasteiger partial charge in [-0.3, -0.25) is 4.79 Å². The molecule has 1 aromatic carbocycles. The molecule has 19 heavy (non-hydrogen) atoms. The minimum atomic E-state index is 0.0305. The quantitative estimate of drug-likeness (QED) is 0.798. The number of benzene rings is 1. The summed E-state index contributed by atoms with van der Waals surface area (Å²) < 4.78 is 10.4. The van der Waals surface area contributed by atoms with Crippen LogP contribution >= 0.6 is 15.9 Å².